The van der Waals surface area contributed by atoms with Crippen molar-refractivity contribution in [3.05, 3.63) is 71.4 Å². The Balaban J connectivity index is 1.53. The first-order chi connectivity index (χ1) is 12.9. The molecule has 2 heterocycles. The van der Waals surface area contributed by atoms with Gasteiger partial charge in [-0.25, -0.2) is 8.42 Å². The number of piperidine rings is 1. The highest BCUT2D eigenvalue weighted by Crippen LogP contribution is 2.31. The molecule has 0 spiro atoms. The summed E-state index contributed by atoms with van der Waals surface area (Å²) in [4.78, 5) is 5.23. The summed E-state index contributed by atoms with van der Waals surface area (Å²) in [5.74, 6) is 0.303. The lowest BCUT2D eigenvalue weighted by Crippen LogP contribution is -2.38. The number of hydrogen-bond acceptors (Lipinski definition) is 3. The molecular formula is C22H24N2O2S. The maximum atomic E-state index is 12.9. The third-order valence-corrected chi connectivity index (χ3v) is 7.39. The number of nitrogens with zero attached hydrogens (tertiary/aromatic N) is 2. The predicted molar refractivity (Wildman–Crippen MR) is 108 cm³/mol. The van der Waals surface area contributed by atoms with Crippen LogP contribution in [0.5, 0.6) is 0 Å². The van der Waals surface area contributed by atoms with E-state index in [0.717, 1.165) is 29.6 Å². The molecule has 0 bridgehead atoms. The zero-order valence-electron chi connectivity index (χ0n) is 15.7. The van der Waals surface area contributed by atoms with Gasteiger partial charge in [0.1, 0.15) is 0 Å². The van der Waals surface area contributed by atoms with Crippen molar-refractivity contribution in [3.8, 4) is 0 Å². The zero-order chi connectivity index (χ0) is 19.0. The van der Waals surface area contributed by atoms with Crippen LogP contribution >= 0.6 is 0 Å². The highest BCUT2D eigenvalue weighted by atomic mass is 32.2. The van der Waals surface area contributed by atoms with Crippen molar-refractivity contribution in [2.24, 2.45) is 0 Å². The quantitative estimate of drug-likeness (QED) is 0.676. The largest absolute Gasteiger partial charge is 0.253 e. The average molecular weight is 381 g/mol. The van der Waals surface area contributed by atoms with Crippen molar-refractivity contribution in [1.29, 1.82) is 0 Å². The van der Waals surface area contributed by atoms with Crippen molar-refractivity contribution in [2.75, 3.05) is 13.1 Å². The first kappa shape index (κ1) is 18.1. The summed E-state index contributed by atoms with van der Waals surface area (Å²) < 4.78 is 27.4. The summed E-state index contributed by atoms with van der Waals surface area (Å²) in [7, 11) is -3.41. The summed E-state index contributed by atoms with van der Waals surface area (Å²) in [6.07, 6.45) is 1.60. The van der Waals surface area contributed by atoms with Gasteiger partial charge in [-0.3, -0.25) is 4.98 Å². The molecule has 140 valence electrons. The van der Waals surface area contributed by atoms with E-state index in [-0.39, 0.29) is 0 Å². The van der Waals surface area contributed by atoms with Crippen LogP contribution in [0.2, 0.25) is 0 Å². The summed E-state index contributed by atoms with van der Waals surface area (Å²) in [5, 5.41) is 1.18. The Morgan fingerprint density at radius 2 is 1.63 bits per heavy atom. The summed E-state index contributed by atoms with van der Waals surface area (Å²) >= 11 is 0. The van der Waals surface area contributed by atoms with E-state index in [4.69, 9.17) is 4.98 Å². The minimum absolute atomic E-state index is 0.303. The van der Waals surface area contributed by atoms with Crippen LogP contribution < -0.4 is 0 Å². The number of aromatic nitrogens is 1. The van der Waals surface area contributed by atoms with Gasteiger partial charge in [0.05, 0.1) is 10.4 Å². The number of para-hydroxylation sites is 1. The topological polar surface area (TPSA) is 50.3 Å². The molecule has 1 fully saturated rings. The molecular weight excluding hydrogens is 356 g/mol. The SMILES string of the molecule is Cc1ccc(S(=O)(=O)N2CCC(c3cc(C)c4ccccc4n3)CC2)cc1. The van der Waals surface area contributed by atoms with Gasteiger partial charge in [-0.15, -0.1) is 0 Å². The van der Waals surface area contributed by atoms with Crippen molar-refractivity contribution in [2.45, 2.75) is 37.5 Å². The fraction of sp³-hybridized carbons (Fsp3) is 0.318. The van der Waals surface area contributed by atoms with Crippen LogP contribution in [0, 0.1) is 13.8 Å². The van der Waals surface area contributed by atoms with Crippen LogP contribution in [-0.4, -0.2) is 30.8 Å². The summed E-state index contributed by atoms with van der Waals surface area (Å²) in [6.45, 7) is 5.15. The summed E-state index contributed by atoms with van der Waals surface area (Å²) in [6, 6.07) is 17.4. The second-order valence-corrected chi connectivity index (χ2v) is 9.31. The molecule has 4 rings (SSSR count). The molecule has 4 nitrogen and oxygen atoms in total. The smallest absolute Gasteiger partial charge is 0.243 e. The molecule has 0 aliphatic carbocycles. The number of aryl methyl sites for hydroxylation is 2. The van der Waals surface area contributed by atoms with Crippen LogP contribution in [0.3, 0.4) is 0 Å². The molecule has 3 aromatic rings. The molecule has 0 N–H and O–H groups in total. The Labute approximate surface area is 160 Å². The molecule has 0 radical (unpaired) electrons. The third-order valence-electron chi connectivity index (χ3n) is 5.47. The average Bonchev–Trinajstić information content (AvgIpc) is 2.68. The Morgan fingerprint density at radius 1 is 0.963 bits per heavy atom. The molecule has 1 aliphatic heterocycles. The maximum absolute atomic E-state index is 12.9. The molecule has 1 saturated heterocycles. The molecule has 5 heteroatoms. The van der Waals surface area contributed by atoms with Gasteiger partial charge in [-0.05, 0) is 56.5 Å². The van der Waals surface area contributed by atoms with Gasteiger partial charge in [0.25, 0.3) is 0 Å². The van der Waals surface area contributed by atoms with E-state index in [2.05, 4.69) is 19.1 Å². The standard InChI is InChI=1S/C22H24N2O2S/c1-16-7-9-19(10-8-16)27(25,26)24-13-11-18(12-14-24)22-15-17(2)20-5-3-4-6-21(20)23-22/h3-10,15,18H,11-14H2,1-2H3. The predicted octanol–water partition coefficient (Wildman–Crippen LogP) is 4.42. The highest BCUT2D eigenvalue weighted by Gasteiger charge is 2.30. The van der Waals surface area contributed by atoms with Crippen LogP contribution in [-0.2, 0) is 10.0 Å². The first-order valence-corrected chi connectivity index (χ1v) is 10.8. The number of benzene rings is 2. The van der Waals surface area contributed by atoms with Crippen LogP contribution in [0.1, 0.15) is 35.6 Å². The Hall–Kier alpha value is -2.24. The fourth-order valence-electron chi connectivity index (χ4n) is 3.84. The Bertz CT molecular complexity index is 1070. The third kappa shape index (κ3) is 3.49. The lowest BCUT2D eigenvalue weighted by Gasteiger charge is -2.31. The van der Waals surface area contributed by atoms with E-state index < -0.39 is 10.0 Å². The van der Waals surface area contributed by atoms with Crippen LogP contribution in [0.15, 0.2) is 59.5 Å². The number of sulfonamides is 1. The number of fused-ring (bicyclic) bond motifs is 1. The van der Waals surface area contributed by atoms with Crippen molar-refractivity contribution in [3.63, 3.8) is 0 Å². The van der Waals surface area contributed by atoms with E-state index in [1.807, 2.05) is 37.3 Å². The van der Waals surface area contributed by atoms with Crippen molar-refractivity contribution < 1.29 is 8.42 Å². The van der Waals surface area contributed by atoms with Crippen molar-refractivity contribution in [1.82, 2.24) is 9.29 Å². The normalized spacial score (nSPS) is 16.7. The molecule has 0 amide bonds. The molecule has 0 saturated carbocycles. The lowest BCUT2D eigenvalue weighted by molar-refractivity contribution is 0.317. The lowest BCUT2D eigenvalue weighted by atomic mass is 9.92. The molecule has 1 aromatic heterocycles. The van der Waals surface area contributed by atoms with Gasteiger partial charge in [0, 0.05) is 30.1 Å². The van der Waals surface area contributed by atoms with E-state index >= 15 is 0 Å². The first-order valence-electron chi connectivity index (χ1n) is 9.38. The number of pyridine rings is 1. The minimum Gasteiger partial charge on any atom is -0.253 e. The van der Waals surface area contributed by atoms with Crippen LogP contribution in [0.4, 0.5) is 0 Å². The Morgan fingerprint density at radius 3 is 2.33 bits per heavy atom. The van der Waals surface area contributed by atoms with Gasteiger partial charge in [-0.2, -0.15) is 4.31 Å². The maximum Gasteiger partial charge on any atom is 0.243 e. The van der Waals surface area contributed by atoms with Crippen LogP contribution in [0.25, 0.3) is 10.9 Å². The number of hydrogen-bond donors (Lipinski definition) is 0. The molecule has 1 aliphatic rings. The number of rotatable bonds is 3. The molecule has 27 heavy (non-hydrogen) atoms. The van der Waals surface area contributed by atoms with Gasteiger partial charge in [0.2, 0.25) is 10.0 Å². The van der Waals surface area contributed by atoms with E-state index in [0.29, 0.717) is 23.9 Å². The van der Waals surface area contributed by atoms with E-state index in [1.54, 1.807) is 16.4 Å². The van der Waals surface area contributed by atoms with E-state index in [9.17, 15) is 8.42 Å². The van der Waals surface area contributed by atoms with E-state index in [1.165, 1.54) is 10.9 Å². The molecule has 0 atom stereocenters. The summed E-state index contributed by atoms with van der Waals surface area (Å²) in [5.41, 5.74) is 4.39. The Kier molecular flexibility index (Phi) is 4.74. The van der Waals surface area contributed by atoms with Crippen molar-refractivity contribution >= 4 is 20.9 Å². The monoisotopic (exact) mass is 380 g/mol. The highest BCUT2D eigenvalue weighted by molar-refractivity contribution is 7.89. The van der Waals surface area contributed by atoms with Gasteiger partial charge < -0.3 is 0 Å². The van der Waals surface area contributed by atoms with Gasteiger partial charge in [-0.1, -0.05) is 35.9 Å². The fourth-order valence-corrected chi connectivity index (χ4v) is 5.31. The molecule has 0 unspecified atom stereocenters. The zero-order valence-corrected chi connectivity index (χ0v) is 16.5. The second kappa shape index (κ2) is 7.06. The van der Waals surface area contributed by atoms with Gasteiger partial charge in [0.15, 0.2) is 0 Å². The molecule has 2 aromatic carbocycles. The minimum atomic E-state index is -3.41. The van der Waals surface area contributed by atoms with Gasteiger partial charge >= 0.3 is 0 Å². The second-order valence-electron chi connectivity index (χ2n) is 7.37.